The van der Waals surface area contributed by atoms with E-state index in [4.69, 9.17) is 5.73 Å². The molecule has 17 heavy (non-hydrogen) atoms. The van der Waals surface area contributed by atoms with Crippen molar-refractivity contribution in [2.75, 3.05) is 18.4 Å². The zero-order chi connectivity index (χ0) is 12.9. The smallest absolute Gasteiger partial charge is 0.368 e. The molecule has 96 valence electrons. The van der Waals surface area contributed by atoms with Gasteiger partial charge in [0, 0.05) is 6.54 Å². The Balaban J connectivity index is 2.51. The van der Waals surface area contributed by atoms with Gasteiger partial charge < -0.3 is 11.1 Å². The van der Waals surface area contributed by atoms with Gasteiger partial charge in [-0.2, -0.15) is 13.2 Å². The molecule has 0 aliphatic rings. The first-order chi connectivity index (χ1) is 7.93. The number of anilines is 1. The van der Waals surface area contributed by atoms with Crippen LogP contribution in [0.2, 0.25) is 0 Å². The average molecular weight is 248 g/mol. The normalized spacial score (nSPS) is 13.5. The number of alkyl halides is 3. The van der Waals surface area contributed by atoms with Crippen LogP contribution in [-0.2, 0) is 6.18 Å². The molecule has 0 saturated carbocycles. The van der Waals surface area contributed by atoms with E-state index in [2.05, 4.69) is 15.5 Å². The molecule has 0 aliphatic heterocycles. The minimum Gasteiger partial charge on any atom is -0.368 e. The number of nitrogens with zero attached hydrogens (tertiary/aromatic N) is 2. The van der Waals surface area contributed by atoms with E-state index in [1.165, 1.54) is 6.07 Å². The number of rotatable bonds is 5. The molecule has 0 aromatic carbocycles. The Morgan fingerprint density at radius 2 is 2.06 bits per heavy atom. The highest BCUT2D eigenvalue weighted by Crippen LogP contribution is 2.27. The zero-order valence-electron chi connectivity index (χ0n) is 9.46. The van der Waals surface area contributed by atoms with E-state index in [0.717, 1.165) is 12.5 Å². The maximum Gasteiger partial charge on any atom is 0.435 e. The van der Waals surface area contributed by atoms with Crippen LogP contribution in [0.25, 0.3) is 0 Å². The van der Waals surface area contributed by atoms with Gasteiger partial charge in [-0.1, -0.05) is 6.92 Å². The summed E-state index contributed by atoms with van der Waals surface area (Å²) in [6.07, 6.45) is -3.60. The van der Waals surface area contributed by atoms with Crippen LogP contribution >= 0.6 is 0 Å². The predicted molar refractivity (Wildman–Crippen MR) is 58.4 cm³/mol. The third-order valence-electron chi connectivity index (χ3n) is 2.25. The quantitative estimate of drug-likeness (QED) is 0.835. The Labute approximate surface area is 97.4 Å². The van der Waals surface area contributed by atoms with Crippen molar-refractivity contribution >= 4 is 5.82 Å². The number of hydrogen-bond acceptors (Lipinski definition) is 4. The lowest BCUT2D eigenvalue weighted by Gasteiger charge is -2.11. The maximum absolute atomic E-state index is 12.2. The van der Waals surface area contributed by atoms with E-state index in [9.17, 15) is 13.2 Å². The summed E-state index contributed by atoms with van der Waals surface area (Å²) < 4.78 is 36.6. The Morgan fingerprint density at radius 1 is 1.35 bits per heavy atom. The highest BCUT2D eigenvalue weighted by Gasteiger charge is 2.32. The standard InChI is InChI=1S/C10H15F3N4/c1-7(4-5-14)6-15-9-3-2-8(16-17-9)10(11,12)13/h2-3,7H,4-6,14H2,1H3,(H,15,17). The van der Waals surface area contributed by atoms with Gasteiger partial charge >= 0.3 is 6.18 Å². The van der Waals surface area contributed by atoms with Gasteiger partial charge in [-0.3, -0.25) is 0 Å². The van der Waals surface area contributed by atoms with Crippen LogP contribution in [0.3, 0.4) is 0 Å². The molecule has 1 unspecified atom stereocenters. The van der Waals surface area contributed by atoms with Gasteiger partial charge in [-0.05, 0) is 31.0 Å². The Hall–Kier alpha value is -1.37. The van der Waals surface area contributed by atoms with Gasteiger partial charge in [0.1, 0.15) is 5.82 Å². The summed E-state index contributed by atoms with van der Waals surface area (Å²) in [5.74, 6) is 0.672. The number of nitrogens with two attached hydrogens (primary N) is 1. The summed E-state index contributed by atoms with van der Waals surface area (Å²) in [4.78, 5) is 0. The second-order valence-corrected chi connectivity index (χ2v) is 3.86. The van der Waals surface area contributed by atoms with Crippen LogP contribution in [-0.4, -0.2) is 23.3 Å². The highest BCUT2D eigenvalue weighted by atomic mass is 19.4. The van der Waals surface area contributed by atoms with Crippen LogP contribution < -0.4 is 11.1 Å². The first-order valence-electron chi connectivity index (χ1n) is 5.28. The van der Waals surface area contributed by atoms with Crippen LogP contribution in [0.1, 0.15) is 19.0 Å². The third-order valence-corrected chi connectivity index (χ3v) is 2.25. The maximum atomic E-state index is 12.2. The molecule has 0 aliphatic carbocycles. The first-order valence-corrected chi connectivity index (χ1v) is 5.28. The molecule has 3 N–H and O–H groups in total. The lowest BCUT2D eigenvalue weighted by molar-refractivity contribution is -0.141. The van der Waals surface area contributed by atoms with Gasteiger partial charge in [0.2, 0.25) is 0 Å². The summed E-state index contributed by atoms with van der Waals surface area (Å²) >= 11 is 0. The number of aromatic nitrogens is 2. The number of nitrogens with one attached hydrogen (secondary N) is 1. The predicted octanol–water partition coefficient (Wildman–Crippen LogP) is 1.89. The second-order valence-electron chi connectivity index (χ2n) is 3.86. The number of halogens is 3. The molecule has 0 amide bonds. The summed E-state index contributed by atoms with van der Waals surface area (Å²) in [7, 11) is 0. The molecule has 1 rings (SSSR count). The van der Waals surface area contributed by atoms with E-state index >= 15 is 0 Å². The van der Waals surface area contributed by atoms with Crippen molar-refractivity contribution in [3.8, 4) is 0 Å². The van der Waals surface area contributed by atoms with Gasteiger partial charge in [0.05, 0.1) is 0 Å². The fourth-order valence-electron chi connectivity index (χ4n) is 1.24. The summed E-state index contributed by atoms with van der Waals surface area (Å²) in [6, 6.07) is 2.17. The lowest BCUT2D eigenvalue weighted by Crippen LogP contribution is -2.16. The highest BCUT2D eigenvalue weighted by molar-refractivity contribution is 5.33. The van der Waals surface area contributed by atoms with Crippen LogP contribution in [0, 0.1) is 5.92 Å². The SMILES string of the molecule is CC(CCN)CNc1ccc(C(F)(F)F)nn1. The van der Waals surface area contributed by atoms with Crippen molar-refractivity contribution < 1.29 is 13.2 Å². The molecule has 1 aromatic rings. The molecule has 0 spiro atoms. The van der Waals surface area contributed by atoms with Crippen molar-refractivity contribution in [2.45, 2.75) is 19.5 Å². The lowest BCUT2D eigenvalue weighted by atomic mass is 10.1. The molecular weight excluding hydrogens is 233 g/mol. The fraction of sp³-hybridized carbons (Fsp3) is 0.600. The minimum atomic E-state index is -4.45. The van der Waals surface area contributed by atoms with E-state index in [0.29, 0.717) is 24.8 Å². The Bertz CT molecular complexity index is 336. The molecule has 1 aromatic heterocycles. The summed E-state index contributed by atoms with van der Waals surface area (Å²) in [6.45, 7) is 3.19. The van der Waals surface area contributed by atoms with E-state index in [-0.39, 0.29) is 0 Å². The molecule has 0 saturated heterocycles. The van der Waals surface area contributed by atoms with Gasteiger partial charge in [-0.25, -0.2) is 0 Å². The third kappa shape index (κ3) is 4.56. The molecule has 1 heterocycles. The van der Waals surface area contributed by atoms with Crippen molar-refractivity contribution in [3.05, 3.63) is 17.8 Å². The molecule has 1 atom stereocenters. The van der Waals surface area contributed by atoms with E-state index in [1.54, 1.807) is 0 Å². The molecule has 0 bridgehead atoms. The Kier molecular flexibility index (Phi) is 4.68. The van der Waals surface area contributed by atoms with Crippen molar-refractivity contribution in [1.82, 2.24) is 10.2 Å². The minimum absolute atomic E-state index is 0.335. The zero-order valence-corrected chi connectivity index (χ0v) is 9.46. The van der Waals surface area contributed by atoms with E-state index < -0.39 is 11.9 Å². The topological polar surface area (TPSA) is 63.8 Å². The first kappa shape index (κ1) is 13.7. The van der Waals surface area contributed by atoms with Crippen LogP contribution in [0.15, 0.2) is 12.1 Å². The molecule has 4 nitrogen and oxygen atoms in total. The van der Waals surface area contributed by atoms with Crippen LogP contribution in [0.5, 0.6) is 0 Å². The molecule has 0 fully saturated rings. The van der Waals surface area contributed by atoms with Gasteiger partial charge in [0.25, 0.3) is 0 Å². The van der Waals surface area contributed by atoms with Crippen molar-refractivity contribution in [3.63, 3.8) is 0 Å². The Morgan fingerprint density at radius 3 is 2.53 bits per heavy atom. The largest absolute Gasteiger partial charge is 0.435 e. The number of hydrogen-bond donors (Lipinski definition) is 2. The van der Waals surface area contributed by atoms with Crippen molar-refractivity contribution in [1.29, 1.82) is 0 Å². The average Bonchev–Trinajstić information content (AvgIpc) is 2.26. The fourth-order valence-corrected chi connectivity index (χ4v) is 1.24. The summed E-state index contributed by atoms with van der Waals surface area (Å²) in [5, 5.41) is 9.49. The van der Waals surface area contributed by atoms with Gasteiger partial charge in [0.15, 0.2) is 5.69 Å². The van der Waals surface area contributed by atoms with Crippen molar-refractivity contribution in [2.24, 2.45) is 11.7 Å². The summed E-state index contributed by atoms with van der Waals surface area (Å²) in [5.41, 5.74) is 4.40. The van der Waals surface area contributed by atoms with Crippen LogP contribution in [0.4, 0.5) is 19.0 Å². The monoisotopic (exact) mass is 248 g/mol. The molecular formula is C10H15F3N4. The second kappa shape index (κ2) is 5.81. The molecule has 7 heteroatoms. The van der Waals surface area contributed by atoms with E-state index in [1.807, 2.05) is 6.92 Å². The molecule has 0 radical (unpaired) electrons. The van der Waals surface area contributed by atoms with Gasteiger partial charge in [-0.15, -0.1) is 10.2 Å².